The van der Waals surface area contributed by atoms with Crippen LogP contribution in [0, 0.1) is 13.8 Å². The highest BCUT2D eigenvalue weighted by Crippen LogP contribution is 2.19. The minimum absolute atomic E-state index is 0.0963. The van der Waals surface area contributed by atoms with Crippen molar-refractivity contribution in [2.24, 2.45) is 0 Å². The SMILES string of the molecule is Cc1nn(-c2ccccc2)c(C)c1CNC(=S)Nc1ccc(OC(F)F)cc1. The Bertz CT molecular complexity index is 943. The molecule has 0 fully saturated rings. The summed E-state index contributed by atoms with van der Waals surface area (Å²) < 4.78 is 30.6. The Kier molecular flexibility index (Phi) is 6.20. The second-order valence-corrected chi connectivity index (χ2v) is 6.52. The van der Waals surface area contributed by atoms with E-state index >= 15 is 0 Å². The molecule has 5 nitrogen and oxygen atoms in total. The Morgan fingerprint density at radius 2 is 1.79 bits per heavy atom. The zero-order valence-electron chi connectivity index (χ0n) is 15.4. The number of hydrogen-bond acceptors (Lipinski definition) is 3. The van der Waals surface area contributed by atoms with E-state index in [9.17, 15) is 8.78 Å². The highest BCUT2D eigenvalue weighted by atomic mass is 32.1. The van der Waals surface area contributed by atoms with Crippen LogP contribution in [0.3, 0.4) is 0 Å². The van der Waals surface area contributed by atoms with Gasteiger partial charge in [-0.1, -0.05) is 18.2 Å². The molecule has 1 heterocycles. The van der Waals surface area contributed by atoms with E-state index in [1.165, 1.54) is 12.1 Å². The highest BCUT2D eigenvalue weighted by molar-refractivity contribution is 7.80. The summed E-state index contributed by atoms with van der Waals surface area (Å²) in [5.41, 5.74) is 4.69. The molecule has 28 heavy (non-hydrogen) atoms. The van der Waals surface area contributed by atoms with Crippen LogP contribution in [0.15, 0.2) is 54.6 Å². The number of benzene rings is 2. The lowest BCUT2D eigenvalue weighted by molar-refractivity contribution is -0.0498. The molecular weight excluding hydrogens is 382 g/mol. The third-order valence-electron chi connectivity index (χ3n) is 4.21. The first-order valence-electron chi connectivity index (χ1n) is 8.64. The lowest BCUT2D eigenvalue weighted by atomic mass is 10.2. The van der Waals surface area contributed by atoms with Gasteiger partial charge in [0.25, 0.3) is 0 Å². The van der Waals surface area contributed by atoms with Gasteiger partial charge >= 0.3 is 6.61 Å². The van der Waals surface area contributed by atoms with Crippen LogP contribution in [0.4, 0.5) is 14.5 Å². The van der Waals surface area contributed by atoms with E-state index in [2.05, 4.69) is 20.5 Å². The average molecular weight is 402 g/mol. The van der Waals surface area contributed by atoms with Crippen molar-refractivity contribution in [1.29, 1.82) is 0 Å². The molecule has 0 saturated carbocycles. The highest BCUT2D eigenvalue weighted by Gasteiger charge is 2.13. The van der Waals surface area contributed by atoms with Crippen molar-refractivity contribution in [3.8, 4) is 11.4 Å². The first-order chi connectivity index (χ1) is 13.4. The number of aryl methyl sites for hydroxylation is 1. The molecule has 8 heteroatoms. The van der Waals surface area contributed by atoms with E-state index in [4.69, 9.17) is 12.2 Å². The fourth-order valence-electron chi connectivity index (χ4n) is 2.82. The number of aromatic nitrogens is 2. The molecule has 0 aliphatic carbocycles. The summed E-state index contributed by atoms with van der Waals surface area (Å²) in [5, 5.41) is 11.2. The lowest BCUT2D eigenvalue weighted by Crippen LogP contribution is -2.28. The zero-order valence-corrected chi connectivity index (χ0v) is 16.3. The number of thiocarbonyl (C=S) groups is 1. The number of alkyl halides is 2. The minimum atomic E-state index is -2.84. The van der Waals surface area contributed by atoms with Crippen LogP contribution in [-0.4, -0.2) is 21.5 Å². The van der Waals surface area contributed by atoms with Gasteiger partial charge in [0.15, 0.2) is 5.11 Å². The molecule has 3 aromatic rings. The van der Waals surface area contributed by atoms with Crippen LogP contribution in [-0.2, 0) is 6.54 Å². The average Bonchev–Trinajstić information content (AvgIpc) is 2.96. The smallest absolute Gasteiger partial charge is 0.387 e. The normalized spacial score (nSPS) is 10.8. The zero-order chi connectivity index (χ0) is 20.1. The van der Waals surface area contributed by atoms with Gasteiger partial charge in [0.2, 0.25) is 0 Å². The summed E-state index contributed by atoms with van der Waals surface area (Å²) in [6, 6.07) is 16.1. The number of nitrogens with zero attached hydrogens (tertiary/aromatic N) is 2. The molecule has 2 N–H and O–H groups in total. The summed E-state index contributed by atoms with van der Waals surface area (Å²) in [4.78, 5) is 0. The van der Waals surface area contributed by atoms with E-state index in [0.29, 0.717) is 17.3 Å². The Balaban J connectivity index is 1.61. The van der Waals surface area contributed by atoms with Crippen molar-refractivity contribution >= 4 is 23.0 Å². The van der Waals surface area contributed by atoms with Crippen LogP contribution >= 0.6 is 12.2 Å². The molecule has 3 rings (SSSR count). The van der Waals surface area contributed by atoms with Crippen molar-refractivity contribution in [3.63, 3.8) is 0 Å². The van der Waals surface area contributed by atoms with Gasteiger partial charge in [-0.15, -0.1) is 0 Å². The first-order valence-corrected chi connectivity index (χ1v) is 9.05. The third kappa shape index (κ3) is 4.83. The maximum Gasteiger partial charge on any atom is 0.387 e. The number of nitrogens with one attached hydrogen (secondary N) is 2. The Morgan fingerprint density at radius 3 is 2.43 bits per heavy atom. The van der Waals surface area contributed by atoms with Gasteiger partial charge in [-0.25, -0.2) is 4.68 Å². The molecule has 0 amide bonds. The maximum absolute atomic E-state index is 12.2. The molecule has 0 radical (unpaired) electrons. The molecule has 146 valence electrons. The fraction of sp³-hybridized carbons (Fsp3) is 0.200. The van der Waals surface area contributed by atoms with Gasteiger partial charge in [0.1, 0.15) is 5.75 Å². The monoisotopic (exact) mass is 402 g/mol. The molecule has 1 aromatic heterocycles. The van der Waals surface area contributed by atoms with Crippen LogP contribution in [0.2, 0.25) is 0 Å². The van der Waals surface area contributed by atoms with Gasteiger partial charge in [-0.3, -0.25) is 0 Å². The van der Waals surface area contributed by atoms with E-state index in [-0.39, 0.29) is 5.75 Å². The number of para-hydroxylation sites is 1. The Hall–Kier alpha value is -3.00. The van der Waals surface area contributed by atoms with Gasteiger partial charge in [0.05, 0.1) is 11.4 Å². The summed E-state index contributed by atoms with van der Waals surface area (Å²) in [5.74, 6) is 0.0963. The third-order valence-corrected chi connectivity index (χ3v) is 4.45. The molecule has 0 unspecified atom stereocenters. The summed E-state index contributed by atoms with van der Waals surface area (Å²) >= 11 is 5.32. The summed E-state index contributed by atoms with van der Waals surface area (Å²) in [6.45, 7) is 1.65. The van der Waals surface area contributed by atoms with Crippen molar-refractivity contribution in [2.75, 3.05) is 5.32 Å². The quantitative estimate of drug-likeness (QED) is 0.591. The van der Waals surface area contributed by atoms with Crippen molar-refractivity contribution in [2.45, 2.75) is 27.0 Å². The number of anilines is 1. The molecular formula is C20H20F2N4OS. The standard InChI is InChI=1S/C20H20F2N4OS/c1-13-18(14(2)26(25-13)16-6-4-3-5-7-16)12-23-20(28)24-15-8-10-17(11-9-15)27-19(21)22/h3-11,19H,12H2,1-2H3,(H2,23,24,28). The number of halogens is 2. The van der Waals surface area contributed by atoms with Crippen molar-refractivity contribution < 1.29 is 13.5 Å². The predicted octanol–water partition coefficient (Wildman–Crippen LogP) is 4.58. The Labute approximate surface area is 167 Å². The van der Waals surface area contributed by atoms with Gasteiger partial charge < -0.3 is 15.4 Å². The summed E-state index contributed by atoms with van der Waals surface area (Å²) in [6.07, 6.45) is 0. The maximum atomic E-state index is 12.2. The fourth-order valence-corrected chi connectivity index (χ4v) is 3.01. The molecule has 0 bridgehead atoms. The number of rotatable bonds is 6. The minimum Gasteiger partial charge on any atom is -0.435 e. The van der Waals surface area contributed by atoms with E-state index in [1.807, 2.05) is 48.9 Å². The Morgan fingerprint density at radius 1 is 1.11 bits per heavy atom. The predicted molar refractivity (Wildman–Crippen MR) is 109 cm³/mol. The molecule has 0 saturated heterocycles. The van der Waals surface area contributed by atoms with Crippen LogP contribution in [0.1, 0.15) is 17.0 Å². The van der Waals surface area contributed by atoms with Gasteiger partial charge in [0, 0.05) is 23.5 Å². The van der Waals surface area contributed by atoms with Gasteiger partial charge in [-0.05, 0) is 62.5 Å². The van der Waals surface area contributed by atoms with Gasteiger partial charge in [-0.2, -0.15) is 13.9 Å². The van der Waals surface area contributed by atoms with E-state index in [1.54, 1.807) is 12.1 Å². The topological polar surface area (TPSA) is 51.1 Å². The molecule has 0 atom stereocenters. The molecule has 0 aliphatic heterocycles. The first kappa shape index (κ1) is 19.8. The second kappa shape index (κ2) is 8.79. The second-order valence-electron chi connectivity index (χ2n) is 6.11. The lowest BCUT2D eigenvalue weighted by Gasteiger charge is -2.12. The molecule has 0 aliphatic rings. The van der Waals surface area contributed by atoms with Crippen molar-refractivity contribution in [3.05, 3.63) is 71.5 Å². The van der Waals surface area contributed by atoms with Crippen LogP contribution in [0.5, 0.6) is 5.75 Å². The number of hydrogen-bond donors (Lipinski definition) is 2. The number of ether oxygens (including phenoxy) is 1. The summed E-state index contributed by atoms with van der Waals surface area (Å²) in [7, 11) is 0. The largest absolute Gasteiger partial charge is 0.435 e. The molecule has 2 aromatic carbocycles. The van der Waals surface area contributed by atoms with Crippen molar-refractivity contribution in [1.82, 2.24) is 15.1 Å². The van der Waals surface area contributed by atoms with E-state index in [0.717, 1.165) is 22.6 Å². The molecule has 0 spiro atoms. The van der Waals surface area contributed by atoms with Crippen LogP contribution in [0.25, 0.3) is 5.69 Å². The van der Waals surface area contributed by atoms with E-state index < -0.39 is 6.61 Å². The van der Waals surface area contributed by atoms with Crippen LogP contribution < -0.4 is 15.4 Å².